The lowest BCUT2D eigenvalue weighted by Gasteiger charge is -2.10. The molecule has 0 aliphatic rings. The number of nitrogens with one attached hydrogen (secondary N) is 1. The van der Waals surface area contributed by atoms with Gasteiger partial charge in [0.25, 0.3) is 5.91 Å². The molecule has 2 aromatic rings. The Morgan fingerprint density at radius 3 is 2.60 bits per heavy atom. The lowest BCUT2D eigenvalue weighted by Crippen LogP contribution is -2.16. The predicted octanol–water partition coefficient (Wildman–Crippen LogP) is 3.92. The molecule has 0 atom stereocenters. The molecular formula is C15H16BrN3O. The lowest BCUT2D eigenvalue weighted by molar-refractivity contribution is 0.102. The van der Waals surface area contributed by atoms with E-state index >= 15 is 0 Å². The van der Waals surface area contributed by atoms with Gasteiger partial charge < -0.3 is 5.32 Å². The van der Waals surface area contributed by atoms with Crippen LogP contribution in [0.4, 0.5) is 5.69 Å². The van der Waals surface area contributed by atoms with Crippen LogP contribution in [0.5, 0.6) is 0 Å². The van der Waals surface area contributed by atoms with Gasteiger partial charge in [0.1, 0.15) is 5.82 Å². The molecule has 0 saturated heterocycles. The number of benzene rings is 1. The highest BCUT2D eigenvalue weighted by molar-refractivity contribution is 9.10. The zero-order chi connectivity index (χ0) is 14.7. The fraction of sp³-hybridized carbons (Fsp3) is 0.267. The average molecular weight is 334 g/mol. The Morgan fingerprint density at radius 2 is 2.00 bits per heavy atom. The minimum atomic E-state index is -0.204. The van der Waals surface area contributed by atoms with E-state index in [1.165, 1.54) is 0 Å². The molecule has 0 bridgehead atoms. The van der Waals surface area contributed by atoms with Crippen molar-refractivity contribution in [3.63, 3.8) is 0 Å². The first-order chi connectivity index (χ1) is 9.49. The molecule has 1 aromatic carbocycles. The fourth-order valence-corrected chi connectivity index (χ4v) is 2.12. The summed E-state index contributed by atoms with van der Waals surface area (Å²) in [4.78, 5) is 20.9. The Balaban J connectivity index is 2.24. The molecule has 20 heavy (non-hydrogen) atoms. The number of hydrogen-bond acceptors (Lipinski definition) is 3. The Labute approximate surface area is 126 Å². The quantitative estimate of drug-likeness (QED) is 0.925. The number of aromatic nitrogens is 2. The molecule has 0 unspecified atom stereocenters. The maximum atomic E-state index is 12.3. The number of hydrogen-bond donors (Lipinski definition) is 1. The van der Waals surface area contributed by atoms with Gasteiger partial charge in [-0.25, -0.2) is 9.97 Å². The van der Waals surface area contributed by atoms with Crippen LogP contribution in [-0.2, 0) is 0 Å². The first kappa shape index (κ1) is 14.7. The van der Waals surface area contributed by atoms with Crippen LogP contribution < -0.4 is 5.32 Å². The van der Waals surface area contributed by atoms with Gasteiger partial charge in [-0.3, -0.25) is 4.79 Å². The molecule has 1 aromatic heterocycles. The van der Waals surface area contributed by atoms with Crippen molar-refractivity contribution in [2.75, 3.05) is 5.32 Å². The Kier molecular flexibility index (Phi) is 4.49. The van der Waals surface area contributed by atoms with Crippen LogP contribution in [0.15, 0.2) is 34.9 Å². The van der Waals surface area contributed by atoms with E-state index in [0.29, 0.717) is 11.3 Å². The first-order valence-corrected chi connectivity index (χ1v) is 7.17. The number of aryl methyl sites for hydroxylation is 1. The number of para-hydroxylation sites is 1. The molecule has 4 nitrogen and oxygen atoms in total. The molecule has 5 heteroatoms. The summed E-state index contributed by atoms with van der Waals surface area (Å²) < 4.78 is 0.839. The standard InChI is InChI=1S/C15H16BrN3O/c1-9(2)14-17-8-11(10(3)18-14)15(20)19-13-7-5-4-6-12(13)16/h4-9H,1-3H3,(H,19,20). The Morgan fingerprint density at radius 1 is 1.30 bits per heavy atom. The molecule has 1 heterocycles. The highest BCUT2D eigenvalue weighted by Crippen LogP contribution is 2.22. The minimum absolute atomic E-state index is 0.204. The molecule has 1 amide bonds. The van der Waals surface area contributed by atoms with Crippen LogP contribution in [0, 0.1) is 6.92 Å². The number of nitrogens with zero attached hydrogens (tertiary/aromatic N) is 2. The minimum Gasteiger partial charge on any atom is -0.321 e. The van der Waals surface area contributed by atoms with Gasteiger partial charge in [-0.1, -0.05) is 26.0 Å². The van der Waals surface area contributed by atoms with Gasteiger partial charge in [0.2, 0.25) is 0 Å². The number of carbonyl (C=O) groups excluding carboxylic acids is 1. The van der Waals surface area contributed by atoms with Crippen molar-refractivity contribution in [2.24, 2.45) is 0 Å². The molecule has 0 spiro atoms. The second-order valence-corrected chi connectivity index (χ2v) is 5.67. The van der Waals surface area contributed by atoms with E-state index in [1.54, 1.807) is 6.20 Å². The Bertz CT molecular complexity index is 641. The highest BCUT2D eigenvalue weighted by atomic mass is 79.9. The molecule has 0 radical (unpaired) electrons. The summed E-state index contributed by atoms with van der Waals surface area (Å²) in [5.41, 5.74) is 1.91. The molecule has 0 saturated carbocycles. The van der Waals surface area contributed by atoms with Crippen LogP contribution in [-0.4, -0.2) is 15.9 Å². The monoisotopic (exact) mass is 333 g/mol. The number of rotatable bonds is 3. The average Bonchev–Trinajstić information content (AvgIpc) is 2.41. The zero-order valence-corrected chi connectivity index (χ0v) is 13.2. The summed E-state index contributed by atoms with van der Waals surface area (Å²) in [5, 5.41) is 2.85. The molecule has 0 aliphatic heterocycles. The van der Waals surface area contributed by atoms with Gasteiger partial charge in [-0.15, -0.1) is 0 Å². The van der Waals surface area contributed by atoms with Gasteiger partial charge in [0.15, 0.2) is 0 Å². The third kappa shape index (κ3) is 3.22. The van der Waals surface area contributed by atoms with Crippen LogP contribution in [0.25, 0.3) is 0 Å². The maximum absolute atomic E-state index is 12.3. The smallest absolute Gasteiger partial charge is 0.259 e. The molecule has 0 fully saturated rings. The van der Waals surface area contributed by atoms with Crippen molar-refractivity contribution in [1.29, 1.82) is 0 Å². The normalized spacial score (nSPS) is 10.7. The summed E-state index contributed by atoms with van der Waals surface area (Å²) in [6.07, 6.45) is 1.59. The van der Waals surface area contributed by atoms with Gasteiger partial charge in [0.05, 0.1) is 16.9 Å². The summed E-state index contributed by atoms with van der Waals surface area (Å²) in [7, 11) is 0. The van der Waals surface area contributed by atoms with Crippen molar-refractivity contribution in [2.45, 2.75) is 26.7 Å². The third-order valence-electron chi connectivity index (χ3n) is 2.88. The molecule has 104 valence electrons. The summed E-state index contributed by atoms with van der Waals surface area (Å²) >= 11 is 3.40. The Hall–Kier alpha value is -1.75. The second kappa shape index (κ2) is 6.13. The second-order valence-electron chi connectivity index (χ2n) is 4.82. The van der Waals surface area contributed by atoms with Gasteiger partial charge >= 0.3 is 0 Å². The van der Waals surface area contributed by atoms with E-state index < -0.39 is 0 Å². The highest BCUT2D eigenvalue weighted by Gasteiger charge is 2.14. The van der Waals surface area contributed by atoms with E-state index in [1.807, 2.05) is 45.0 Å². The van der Waals surface area contributed by atoms with E-state index in [0.717, 1.165) is 16.0 Å². The molecule has 2 rings (SSSR count). The third-order valence-corrected chi connectivity index (χ3v) is 3.57. The van der Waals surface area contributed by atoms with Crippen LogP contribution in [0.2, 0.25) is 0 Å². The number of halogens is 1. The van der Waals surface area contributed by atoms with Crippen molar-refractivity contribution in [3.05, 3.63) is 52.0 Å². The largest absolute Gasteiger partial charge is 0.321 e. The van der Waals surface area contributed by atoms with E-state index in [4.69, 9.17) is 0 Å². The first-order valence-electron chi connectivity index (χ1n) is 6.38. The SMILES string of the molecule is Cc1nc(C(C)C)ncc1C(=O)Nc1ccccc1Br. The molecule has 0 aliphatic carbocycles. The zero-order valence-electron chi connectivity index (χ0n) is 11.6. The van der Waals surface area contributed by atoms with Crippen LogP contribution in [0.1, 0.15) is 41.6 Å². The van der Waals surface area contributed by atoms with Crippen LogP contribution in [0.3, 0.4) is 0 Å². The summed E-state index contributed by atoms with van der Waals surface area (Å²) in [6.45, 7) is 5.87. The maximum Gasteiger partial charge on any atom is 0.259 e. The van der Waals surface area contributed by atoms with Gasteiger partial charge in [0, 0.05) is 16.6 Å². The van der Waals surface area contributed by atoms with Gasteiger partial charge in [-0.2, -0.15) is 0 Å². The predicted molar refractivity (Wildman–Crippen MR) is 83.0 cm³/mol. The summed E-state index contributed by atoms with van der Waals surface area (Å²) in [5.74, 6) is 0.790. The fourth-order valence-electron chi connectivity index (χ4n) is 1.74. The number of carbonyl (C=O) groups is 1. The van der Waals surface area contributed by atoms with E-state index in [9.17, 15) is 4.79 Å². The van der Waals surface area contributed by atoms with E-state index in [2.05, 4.69) is 31.2 Å². The lowest BCUT2D eigenvalue weighted by atomic mass is 10.1. The van der Waals surface area contributed by atoms with Crippen LogP contribution >= 0.6 is 15.9 Å². The molecular weight excluding hydrogens is 318 g/mol. The van der Waals surface area contributed by atoms with E-state index in [-0.39, 0.29) is 11.8 Å². The van der Waals surface area contributed by atoms with Crippen molar-refractivity contribution in [3.8, 4) is 0 Å². The topological polar surface area (TPSA) is 54.9 Å². The summed E-state index contributed by atoms with van der Waals surface area (Å²) in [6, 6.07) is 7.47. The van der Waals surface area contributed by atoms with Crippen molar-refractivity contribution >= 4 is 27.5 Å². The molecule has 1 N–H and O–H groups in total. The number of amides is 1. The number of anilines is 1. The van der Waals surface area contributed by atoms with Gasteiger partial charge in [-0.05, 0) is 35.0 Å². The van der Waals surface area contributed by atoms with Crippen molar-refractivity contribution in [1.82, 2.24) is 9.97 Å². The van der Waals surface area contributed by atoms with Crippen molar-refractivity contribution < 1.29 is 4.79 Å².